The molecule has 0 aliphatic heterocycles. The van der Waals surface area contributed by atoms with E-state index in [-0.39, 0.29) is 23.9 Å². The lowest BCUT2D eigenvalue weighted by atomic mass is 9.83. The molecule has 1 aromatic carbocycles. The van der Waals surface area contributed by atoms with Gasteiger partial charge in [-0.1, -0.05) is 19.9 Å². The predicted molar refractivity (Wildman–Crippen MR) is 69.6 cm³/mol. The first-order valence-electron chi connectivity index (χ1n) is 5.57. The third-order valence-corrected chi connectivity index (χ3v) is 3.45. The topological polar surface area (TPSA) is 35.2 Å². The fourth-order valence-electron chi connectivity index (χ4n) is 2.28. The second kappa shape index (κ2) is 4.64. The lowest BCUT2D eigenvalue weighted by molar-refractivity contribution is 0.339. The minimum Gasteiger partial charge on any atom is -0.494 e. The largest absolute Gasteiger partial charge is 0.494 e. The Bertz CT molecular complexity index is 376. The van der Waals surface area contributed by atoms with Gasteiger partial charge in [0.1, 0.15) is 5.75 Å². The van der Waals surface area contributed by atoms with E-state index in [1.165, 1.54) is 11.1 Å². The zero-order chi connectivity index (χ0) is 11.1. The van der Waals surface area contributed by atoms with Crippen molar-refractivity contribution in [1.29, 1.82) is 0 Å². The zero-order valence-corrected chi connectivity index (χ0v) is 10.9. The summed E-state index contributed by atoms with van der Waals surface area (Å²) in [5.74, 6) is 0.957. The molecule has 0 fully saturated rings. The highest BCUT2D eigenvalue weighted by atomic mass is 35.5. The van der Waals surface area contributed by atoms with Crippen molar-refractivity contribution in [3.63, 3.8) is 0 Å². The summed E-state index contributed by atoms with van der Waals surface area (Å²) in [5.41, 5.74) is 8.94. The normalized spacial score (nSPS) is 21.1. The molecule has 0 spiro atoms. The Labute approximate surface area is 104 Å². The van der Waals surface area contributed by atoms with Crippen molar-refractivity contribution in [2.75, 3.05) is 6.61 Å². The van der Waals surface area contributed by atoms with E-state index in [0.29, 0.717) is 6.61 Å². The maximum absolute atomic E-state index is 6.15. The molecule has 1 atom stereocenters. The van der Waals surface area contributed by atoms with Gasteiger partial charge in [-0.3, -0.25) is 0 Å². The average molecular weight is 242 g/mol. The quantitative estimate of drug-likeness (QED) is 0.864. The number of rotatable bonds is 2. The van der Waals surface area contributed by atoms with E-state index in [2.05, 4.69) is 26.0 Å². The molecule has 0 heterocycles. The molecule has 1 unspecified atom stereocenters. The lowest BCUT2D eigenvalue weighted by Crippen LogP contribution is -2.36. The SMILES string of the molecule is CCOc1ccc2c(c1)C(C)(C)C(N)C2.Cl. The van der Waals surface area contributed by atoms with E-state index in [0.717, 1.165) is 12.2 Å². The number of halogens is 1. The second-order valence-corrected chi connectivity index (χ2v) is 4.78. The van der Waals surface area contributed by atoms with E-state index >= 15 is 0 Å². The van der Waals surface area contributed by atoms with Gasteiger partial charge in [0.2, 0.25) is 0 Å². The van der Waals surface area contributed by atoms with Crippen LogP contribution in [0.1, 0.15) is 31.9 Å². The van der Waals surface area contributed by atoms with Crippen molar-refractivity contribution in [3.05, 3.63) is 29.3 Å². The molecule has 2 N–H and O–H groups in total. The number of benzene rings is 1. The molecule has 2 rings (SSSR count). The molecule has 0 saturated heterocycles. The second-order valence-electron chi connectivity index (χ2n) is 4.78. The number of nitrogens with two attached hydrogens (primary N) is 1. The fraction of sp³-hybridized carbons (Fsp3) is 0.538. The average Bonchev–Trinajstić information content (AvgIpc) is 2.40. The summed E-state index contributed by atoms with van der Waals surface area (Å²) in [6, 6.07) is 6.56. The molecule has 1 aromatic rings. The van der Waals surface area contributed by atoms with Crippen LogP contribution in [0.15, 0.2) is 18.2 Å². The van der Waals surface area contributed by atoms with Gasteiger partial charge < -0.3 is 10.5 Å². The monoisotopic (exact) mass is 241 g/mol. The van der Waals surface area contributed by atoms with Gasteiger partial charge >= 0.3 is 0 Å². The highest BCUT2D eigenvalue weighted by molar-refractivity contribution is 5.85. The van der Waals surface area contributed by atoms with Crippen LogP contribution in [0.2, 0.25) is 0 Å². The van der Waals surface area contributed by atoms with Gasteiger partial charge in [0.05, 0.1) is 6.61 Å². The number of hydrogen-bond acceptors (Lipinski definition) is 2. The van der Waals surface area contributed by atoms with Crippen LogP contribution in [0.4, 0.5) is 0 Å². The first-order valence-corrected chi connectivity index (χ1v) is 5.57. The van der Waals surface area contributed by atoms with E-state index in [4.69, 9.17) is 10.5 Å². The van der Waals surface area contributed by atoms with Crippen LogP contribution in [-0.4, -0.2) is 12.6 Å². The molecule has 0 bridgehead atoms. The van der Waals surface area contributed by atoms with Gasteiger partial charge in [-0.2, -0.15) is 0 Å². The van der Waals surface area contributed by atoms with E-state index in [1.54, 1.807) is 0 Å². The summed E-state index contributed by atoms with van der Waals surface area (Å²) in [5, 5.41) is 0. The number of fused-ring (bicyclic) bond motifs is 1. The molecule has 0 radical (unpaired) electrons. The van der Waals surface area contributed by atoms with Crippen molar-refractivity contribution >= 4 is 12.4 Å². The fourth-order valence-corrected chi connectivity index (χ4v) is 2.28. The number of ether oxygens (including phenoxy) is 1. The highest BCUT2D eigenvalue weighted by Crippen LogP contribution is 2.39. The Morgan fingerprint density at radius 2 is 2.12 bits per heavy atom. The van der Waals surface area contributed by atoms with Gasteiger partial charge in [-0.25, -0.2) is 0 Å². The maximum atomic E-state index is 6.15. The Morgan fingerprint density at radius 3 is 2.75 bits per heavy atom. The molecule has 1 aliphatic carbocycles. The van der Waals surface area contributed by atoms with Gasteiger partial charge in [-0.05, 0) is 36.6 Å². The zero-order valence-electron chi connectivity index (χ0n) is 10.1. The van der Waals surface area contributed by atoms with Crippen LogP contribution >= 0.6 is 12.4 Å². The number of hydrogen-bond donors (Lipinski definition) is 1. The molecule has 90 valence electrons. The molecular weight excluding hydrogens is 222 g/mol. The van der Waals surface area contributed by atoms with Crippen molar-refractivity contribution in [2.24, 2.45) is 5.73 Å². The molecule has 3 heteroatoms. The summed E-state index contributed by atoms with van der Waals surface area (Å²) in [4.78, 5) is 0. The summed E-state index contributed by atoms with van der Waals surface area (Å²) in [6.07, 6.45) is 0.981. The molecule has 0 saturated carbocycles. The van der Waals surface area contributed by atoms with Crippen LogP contribution in [0.25, 0.3) is 0 Å². The lowest BCUT2D eigenvalue weighted by Gasteiger charge is -2.25. The molecule has 2 nitrogen and oxygen atoms in total. The summed E-state index contributed by atoms with van der Waals surface area (Å²) in [6.45, 7) is 7.13. The van der Waals surface area contributed by atoms with Crippen LogP contribution in [0.5, 0.6) is 5.75 Å². The minimum absolute atomic E-state index is 0. The molecule has 1 aliphatic rings. The predicted octanol–water partition coefficient (Wildman–Crippen LogP) is 2.67. The Kier molecular flexibility index (Phi) is 3.87. The first kappa shape index (κ1) is 13.3. The van der Waals surface area contributed by atoms with Crippen LogP contribution in [-0.2, 0) is 11.8 Å². The maximum Gasteiger partial charge on any atom is 0.119 e. The third-order valence-electron chi connectivity index (χ3n) is 3.45. The summed E-state index contributed by atoms with van der Waals surface area (Å²) in [7, 11) is 0. The Morgan fingerprint density at radius 1 is 1.44 bits per heavy atom. The summed E-state index contributed by atoms with van der Waals surface area (Å²) < 4.78 is 5.52. The first-order chi connectivity index (χ1) is 7.05. The minimum atomic E-state index is 0. The van der Waals surface area contributed by atoms with E-state index in [9.17, 15) is 0 Å². The Balaban J connectivity index is 0.00000128. The third kappa shape index (κ3) is 2.04. The van der Waals surface area contributed by atoms with Crippen molar-refractivity contribution < 1.29 is 4.74 Å². The molecule has 0 aromatic heterocycles. The van der Waals surface area contributed by atoms with Gasteiger partial charge in [0.25, 0.3) is 0 Å². The summed E-state index contributed by atoms with van der Waals surface area (Å²) >= 11 is 0. The van der Waals surface area contributed by atoms with E-state index in [1.807, 2.05) is 13.0 Å². The Hall–Kier alpha value is -0.730. The standard InChI is InChI=1S/C13H19NO.ClH/c1-4-15-10-6-5-9-7-12(14)13(2,3)11(9)8-10;/h5-6,8,12H,4,7,14H2,1-3H3;1H. The highest BCUT2D eigenvalue weighted by Gasteiger charge is 2.37. The van der Waals surface area contributed by atoms with Gasteiger partial charge in [0, 0.05) is 11.5 Å². The molecule has 0 amide bonds. The van der Waals surface area contributed by atoms with Gasteiger partial charge in [0.15, 0.2) is 0 Å². The van der Waals surface area contributed by atoms with Crippen LogP contribution in [0.3, 0.4) is 0 Å². The van der Waals surface area contributed by atoms with Gasteiger partial charge in [-0.15, -0.1) is 12.4 Å². The van der Waals surface area contributed by atoms with Crippen molar-refractivity contribution in [2.45, 2.75) is 38.6 Å². The smallest absolute Gasteiger partial charge is 0.119 e. The van der Waals surface area contributed by atoms with E-state index < -0.39 is 0 Å². The van der Waals surface area contributed by atoms with Crippen molar-refractivity contribution in [1.82, 2.24) is 0 Å². The van der Waals surface area contributed by atoms with Crippen LogP contribution < -0.4 is 10.5 Å². The van der Waals surface area contributed by atoms with Crippen LogP contribution in [0, 0.1) is 0 Å². The van der Waals surface area contributed by atoms with Crippen molar-refractivity contribution in [3.8, 4) is 5.75 Å². The molecular formula is C13H20ClNO. The molecule has 16 heavy (non-hydrogen) atoms.